The lowest BCUT2D eigenvalue weighted by atomic mass is 10.0. The first kappa shape index (κ1) is 14.1. The van der Waals surface area contributed by atoms with Crippen LogP contribution in [0, 0.1) is 6.92 Å². The van der Waals surface area contributed by atoms with Crippen molar-refractivity contribution < 1.29 is 9.53 Å². The van der Waals surface area contributed by atoms with Gasteiger partial charge in [-0.2, -0.15) is 0 Å². The Kier molecular flexibility index (Phi) is 4.41. The Labute approximate surface area is 119 Å². The molecule has 0 bridgehead atoms. The van der Waals surface area contributed by atoms with Crippen LogP contribution in [0.5, 0.6) is 5.75 Å². The van der Waals surface area contributed by atoms with Gasteiger partial charge >= 0.3 is 0 Å². The van der Waals surface area contributed by atoms with E-state index in [1.54, 1.807) is 0 Å². The van der Waals surface area contributed by atoms with Crippen molar-refractivity contribution in [2.75, 3.05) is 19.0 Å². The zero-order valence-corrected chi connectivity index (χ0v) is 12.1. The molecule has 0 fully saturated rings. The summed E-state index contributed by atoms with van der Waals surface area (Å²) in [6.07, 6.45) is 0. The molecule has 2 rings (SSSR count). The zero-order chi connectivity index (χ0) is 14.5. The van der Waals surface area contributed by atoms with E-state index in [4.69, 9.17) is 4.74 Å². The zero-order valence-electron chi connectivity index (χ0n) is 12.1. The van der Waals surface area contributed by atoms with Gasteiger partial charge in [0.25, 0.3) is 0 Å². The second kappa shape index (κ2) is 6.24. The first-order valence-corrected chi connectivity index (χ1v) is 6.71. The molecule has 20 heavy (non-hydrogen) atoms. The molecule has 0 radical (unpaired) electrons. The molecular weight excluding hydrogens is 250 g/mol. The molecule has 2 aromatic rings. The summed E-state index contributed by atoms with van der Waals surface area (Å²) < 4.78 is 5.49. The summed E-state index contributed by atoms with van der Waals surface area (Å²) >= 11 is 0. The summed E-state index contributed by atoms with van der Waals surface area (Å²) in [5.74, 6) is 0.848. The second-order valence-corrected chi connectivity index (χ2v) is 4.57. The number of nitrogens with one attached hydrogen (secondary N) is 1. The number of ketones is 1. The van der Waals surface area contributed by atoms with Crippen LogP contribution in [0.15, 0.2) is 42.5 Å². The summed E-state index contributed by atoms with van der Waals surface area (Å²) in [6, 6.07) is 13.0. The van der Waals surface area contributed by atoms with Crippen LogP contribution in [0.3, 0.4) is 0 Å². The van der Waals surface area contributed by atoms with Crippen molar-refractivity contribution in [3.63, 3.8) is 0 Å². The number of carbonyl (C=O) groups is 1. The average Bonchev–Trinajstić information content (AvgIpc) is 2.49. The molecule has 1 N–H and O–H groups in total. The molecule has 0 amide bonds. The highest BCUT2D eigenvalue weighted by Gasteiger charge is 2.11. The Bertz CT molecular complexity index is 620. The van der Waals surface area contributed by atoms with Crippen molar-refractivity contribution in [3.8, 4) is 5.75 Å². The van der Waals surface area contributed by atoms with Gasteiger partial charge in [-0.3, -0.25) is 4.79 Å². The van der Waals surface area contributed by atoms with Gasteiger partial charge in [0.1, 0.15) is 5.75 Å². The van der Waals surface area contributed by atoms with Gasteiger partial charge < -0.3 is 10.1 Å². The smallest absolute Gasteiger partial charge is 0.193 e. The van der Waals surface area contributed by atoms with E-state index in [2.05, 4.69) is 5.32 Å². The second-order valence-electron chi connectivity index (χ2n) is 4.57. The summed E-state index contributed by atoms with van der Waals surface area (Å²) in [6.45, 7) is 4.52. The fourth-order valence-corrected chi connectivity index (χ4v) is 2.09. The van der Waals surface area contributed by atoms with Crippen LogP contribution in [0.25, 0.3) is 0 Å². The first-order chi connectivity index (χ1) is 9.65. The molecule has 0 heterocycles. The number of rotatable bonds is 5. The number of hydrogen-bond acceptors (Lipinski definition) is 3. The van der Waals surface area contributed by atoms with E-state index in [9.17, 15) is 4.79 Å². The molecule has 0 atom stereocenters. The molecule has 3 heteroatoms. The van der Waals surface area contributed by atoms with Gasteiger partial charge in [0, 0.05) is 23.9 Å². The summed E-state index contributed by atoms with van der Waals surface area (Å²) in [5.41, 5.74) is 3.26. The van der Waals surface area contributed by atoms with Crippen LogP contribution in [0.4, 0.5) is 5.69 Å². The number of benzene rings is 2. The van der Waals surface area contributed by atoms with Gasteiger partial charge in [-0.15, -0.1) is 0 Å². The van der Waals surface area contributed by atoms with Crippen LogP contribution in [0.2, 0.25) is 0 Å². The van der Waals surface area contributed by atoms with Crippen LogP contribution in [-0.4, -0.2) is 19.4 Å². The molecule has 0 aliphatic rings. The van der Waals surface area contributed by atoms with Gasteiger partial charge in [0.2, 0.25) is 0 Å². The number of hydrogen-bond donors (Lipinski definition) is 1. The predicted molar refractivity (Wildman–Crippen MR) is 81.8 cm³/mol. The van der Waals surface area contributed by atoms with Crippen LogP contribution in [-0.2, 0) is 0 Å². The number of aryl methyl sites for hydroxylation is 1. The van der Waals surface area contributed by atoms with Crippen LogP contribution >= 0.6 is 0 Å². The number of ether oxygens (including phenoxy) is 1. The summed E-state index contributed by atoms with van der Waals surface area (Å²) in [7, 11) is 1.84. The van der Waals surface area contributed by atoms with Gasteiger partial charge in [0.05, 0.1) is 6.61 Å². The fraction of sp³-hybridized carbons (Fsp3) is 0.235. The Morgan fingerprint density at radius 3 is 2.55 bits per heavy atom. The largest absolute Gasteiger partial charge is 0.494 e. The maximum absolute atomic E-state index is 12.5. The molecule has 0 saturated heterocycles. The molecule has 2 aromatic carbocycles. The first-order valence-electron chi connectivity index (χ1n) is 6.71. The Morgan fingerprint density at radius 2 is 1.90 bits per heavy atom. The van der Waals surface area contributed by atoms with Crippen molar-refractivity contribution in [1.29, 1.82) is 0 Å². The average molecular weight is 269 g/mol. The van der Waals surface area contributed by atoms with E-state index in [-0.39, 0.29) is 5.78 Å². The van der Waals surface area contributed by atoms with E-state index in [0.29, 0.717) is 17.7 Å². The van der Waals surface area contributed by atoms with Crippen molar-refractivity contribution in [1.82, 2.24) is 0 Å². The van der Waals surface area contributed by atoms with Crippen molar-refractivity contribution in [2.24, 2.45) is 0 Å². The molecule has 0 aromatic heterocycles. The normalized spacial score (nSPS) is 10.2. The third kappa shape index (κ3) is 2.99. The lowest BCUT2D eigenvalue weighted by molar-refractivity contribution is 0.103. The molecule has 3 nitrogen and oxygen atoms in total. The third-order valence-corrected chi connectivity index (χ3v) is 3.15. The van der Waals surface area contributed by atoms with Crippen LogP contribution < -0.4 is 10.1 Å². The van der Waals surface area contributed by atoms with E-state index in [1.807, 2.05) is 63.4 Å². The van der Waals surface area contributed by atoms with Crippen molar-refractivity contribution in [2.45, 2.75) is 13.8 Å². The third-order valence-electron chi connectivity index (χ3n) is 3.15. The van der Waals surface area contributed by atoms with E-state index in [1.165, 1.54) is 0 Å². The Morgan fingerprint density at radius 1 is 1.15 bits per heavy atom. The van der Waals surface area contributed by atoms with Crippen molar-refractivity contribution in [3.05, 3.63) is 59.2 Å². The molecule has 0 unspecified atom stereocenters. The highest BCUT2D eigenvalue weighted by atomic mass is 16.5. The minimum Gasteiger partial charge on any atom is -0.494 e. The van der Waals surface area contributed by atoms with E-state index >= 15 is 0 Å². The fourth-order valence-electron chi connectivity index (χ4n) is 2.09. The quantitative estimate of drug-likeness (QED) is 0.842. The standard InChI is InChI=1S/C17H19NO2/c1-4-20-16-9-8-14(10-12(16)2)17(19)13-6-5-7-15(11-13)18-3/h5-11,18H,4H2,1-3H3. The highest BCUT2D eigenvalue weighted by molar-refractivity contribution is 6.09. The van der Waals surface area contributed by atoms with E-state index in [0.717, 1.165) is 17.0 Å². The maximum Gasteiger partial charge on any atom is 0.193 e. The molecule has 0 aliphatic carbocycles. The molecule has 0 aliphatic heterocycles. The van der Waals surface area contributed by atoms with E-state index < -0.39 is 0 Å². The summed E-state index contributed by atoms with van der Waals surface area (Å²) in [4.78, 5) is 12.5. The SMILES string of the molecule is CCOc1ccc(C(=O)c2cccc(NC)c2)cc1C. The monoisotopic (exact) mass is 269 g/mol. The highest BCUT2D eigenvalue weighted by Crippen LogP contribution is 2.21. The molecular formula is C17H19NO2. The number of carbonyl (C=O) groups excluding carboxylic acids is 1. The van der Waals surface area contributed by atoms with Gasteiger partial charge in [-0.25, -0.2) is 0 Å². The lowest BCUT2D eigenvalue weighted by Crippen LogP contribution is -2.03. The molecule has 0 spiro atoms. The Balaban J connectivity index is 2.31. The molecule has 0 saturated carbocycles. The lowest BCUT2D eigenvalue weighted by Gasteiger charge is -2.09. The predicted octanol–water partition coefficient (Wildman–Crippen LogP) is 3.67. The Hall–Kier alpha value is -2.29. The maximum atomic E-state index is 12.5. The van der Waals surface area contributed by atoms with Gasteiger partial charge in [-0.05, 0) is 49.7 Å². The minimum atomic E-state index is 0.0215. The minimum absolute atomic E-state index is 0.0215. The van der Waals surface area contributed by atoms with Crippen LogP contribution in [0.1, 0.15) is 28.4 Å². The number of anilines is 1. The summed E-state index contributed by atoms with van der Waals surface area (Å²) in [5, 5.41) is 3.04. The topological polar surface area (TPSA) is 38.3 Å². The van der Waals surface area contributed by atoms with Gasteiger partial charge in [-0.1, -0.05) is 12.1 Å². The van der Waals surface area contributed by atoms with Gasteiger partial charge in [0.15, 0.2) is 5.78 Å². The molecule has 104 valence electrons. The van der Waals surface area contributed by atoms with Crippen molar-refractivity contribution >= 4 is 11.5 Å².